The number of nitrogens with zero attached hydrogens (tertiary/aromatic N) is 1. The summed E-state index contributed by atoms with van der Waals surface area (Å²) in [5, 5.41) is 12.1. The van der Waals surface area contributed by atoms with Crippen LogP contribution in [0.1, 0.15) is 5.56 Å². The van der Waals surface area contributed by atoms with Gasteiger partial charge in [0.05, 0.1) is 10.6 Å². The molecule has 2 aromatic carbocycles. The van der Waals surface area contributed by atoms with E-state index in [4.69, 9.17) is 22.5 Å². The highest BCUT2D eigenvalue weighted by molar-refractivity contribution is 7.99. The van der Waals surface area contributed by atoms with Crippen molar-refractivity contribution >= 4 is 29.2 Å². The molecule has 0 bridgehead atoms. The van der Waals surface area contributed by atoms with Gasteiger partial charge in [0.2, 0.25) is 0 Å². The zero-order valence-electron chi connectivity index (χ0n) is 9.68. The van der Waals surface area contributed by atoms with Gasteiger partial charge in [-0.15, -0.1) is 0 Å². The molecule has 6 heteroatoms. The summed E-state index contributed by atoms with van der Waals surface area (Å²) in [6, 6.07) is 11.3. The van der Waals surface area contributed by atoms with Crippen molar-refractivity contribution in [3.05, 3.63) is 58.9 Å². The highest BCUT2D eigenvalue weighted by Gasteiger charge is 2.12. The molecule has 0 heterocycles. The molecule has 0 radical (unpaired) electrons. The van der Waals surface area contributed by atoms with Gasteiger partial charge in [0.25, 0.3) is 0 Å². The van der Waals surface area contributed by atoms with E-state index in [1.54, 1.807) is 30.3 Å². The van der Waals surface area contributed by atoms with Crippen molar-refractivity contribution in [1.82, 2.24) is 0 Å². The SMILES string of the molecule is NC(=NO)c1c(Cl)cccc1Sc1ccc(F)cc1. The zero-order valence-corrected chi connectivity index (χ0v) is 11.2. The highest BCUT2D eigenvalue weighted by Crippen LogP contribution is 2.33. The lowest BCUT2D eigenvalue weighted by molar-refractivity contribution is 0.318. The van der Waals surface area contributed by atoms with E-state index in [1.807, 2.05) is 0 Å². The summed E-state index contributed by atoms with van der Waals surface area (Å²) < 4.78 is 12.8. The molecule has 0 fully saturated rings. The Morgan fingerprint density at radius 3 is 2.53 bits per heavy atom. The smallest absolute Gasteiger partial charge is 0.172 e. The average molecular weight is 297 g/mol. The van der Waals surface area contributed by atoms with Gasteiger partial charge in [0.15, 0.2) is 5.84 Å². The number of rotatable bonds is 3. The maximum absolute atomic E-state index is 12.8. The molecule has 3 N–H and O–H groups in total. The van der Waals surface area contributed by atoms with E-state index in [0.29, 0.717) is 10.6 Å². The monoisotopic (exact) mass is 296 g/mol. The Labute approximate surface area is 118 Å². The molecule has 2 rings (SSSR count). The summed E-state index contributed by atoms with van der Waals surface area (Å²) >= 11 is 7.41. The molecule has 2 aromatic rings. The lowest BCUT2D eigenvalue weighted by atomic mass is 10.2. The number of oxime groups is 1. The van der Waals surface area contributed by atoms with Gasteiger partial charge in [0.1, 0.15) is 5.82 Å². The van der Waals surface area contributed by atoms with Crippen molar-refractivity contribution in [2.75, 3.05) is 0 Å². The van der Waals surface area contributed by atoms with Crippen LogP contribution in [-0.4, -0.2) is 11.0 Å². The average Bonchev–Trinajstić information content (AvgIpc) is 2.41. The number of amidine groups is 1. The number of halogens is 2. The van der Waals surface area contributed by atoms with Crippen LogP contribution in [0.3, 0.4) is 0 Å². The van der Waals surface area contributed by atoms with Gasteiger partial charge in [-0.1, -0.05) is 34.6 Å². The molecule has 0 atom stereocenters. The second-order valence-corrected chi connectivity index (χ2v) is 5.18. The van der Waals surface area contributed by atoms with Gasteiger partial charge < -0.3 is 10.9 Å². The van der Waals surface area contributed by atoms with E-state index in [-0.39, 0.29) is 11.7 Å². The van der Waals surface area contributed by atoms with Gasteiger partial charge >= 0.3 is 0 Å². The minimum absolute atomic E-state index is 0.0600. The normalized spacial score (nSPS) is 11.6. The minimum Gasteiger partial charge on any atom is -0.409 e. The molecule has 98 valence electrons. The Bertz CT molecular complexity index is 617. The van der Waals surface area contributed by atoms with Crippen LogP contribution in [0.5, 0.6) is 0 Å². The number of hydrogen-bond donors (Lipinski definition) is 2. The van der Waals surface area contributed by atoms with Crippen LogP contribution in [0.4, 0.5) is 4.39 Å². The minimum atomic E-state index is -0.299. The molecule has 0 aliphatic rings. The summed E-state index contributed by atoms with van der Waals surface area (Å²) in [4.78, 5) is 1.56. The summed E-state index contributed by atoms with van der Waals surface area (Å²) in [6.07, 6.45) is 0. The summed E-state index contributed by atoms with van der Waals surface area (Å²) in [7, 11) is 0. The maximum Gasteiger partial charge on any atom is 0.172 e. The number of hydrogen-bond acceptors (Lipinski definition) is 3. The van der Waals surface area contributed by atoms with E-state index in [9.17, 15) is 4.39 Å². The molecular weight excluding hydrogens is 287 g/mol. The van der Waals surface area contributed by atoms with Gasteiger partial charge in [0, 0.05) is 9.79 Å². The number of nitrogens with two attached hydrogens (primary N) is 1. The molecule has 0 saturated heterocycles. The van der Waals surface area contributed by atoms with Crippen LogP contribution < -0.4 is 5.73 Å². The Morgan fingerprint density at radius 1 is 1.21 bits per heavy atom. The van der Waals surface area contributed by atoms with Crippen molar-refractivity contribution in [3.8, 4) is 0 Å². The third-order valence-electron chi connectivity index (χ3n) is 2.38. The number of benzene rings is 2. The van der Waals surface area contributed by atoms with E-state index in [0.717, 1.165) is 9.79 Å². The molecule has 0 unspecified atom stereocenters. The summed E-state index contributed by atoms with van der Waals surface area (Å²) in [5.74, 6) is -0.359. The fraction of sp³-hybridized carbons (Fsp3) is 0. The second-order valence-electron chi connectivity index (χ2n) is 3.65. The van der Waals surface area contributed by atoms with E-state index in [1.165, 1.54) is 23.9 Å². The van der Waals surface area contributed by atoms with E-state index in [2.05, 4.69) is 5.16 Å². The summed E-state index contributed by atoms with van der Waals surface area (Å²) in [5.41, 5.74) is 6.08. The van der Waals surface area contributed by atoms with Crippen LogP contribution in [0.2, 0.25) is 5.02 Å². The van der Waals surface area contributed by atoms with Crippen LogP contribution in [0, 0.1) is 5.82 Å². The Balaban J connectivity index is 2.40. The standard InChI is InChI=1S/C13H10ClFN2OS/c14-10-2-1-3-11(12(10)13(16)17-18)19-9-6-4-8(15)5-7-9/h1-7,18H,(H2,16,17). The van der Waals surface area contributed by atoms with Crippen LogP contribution in [0.25, 0.3) is 0 Å². The second kappa shape index (κ2) is 5.95. The maximum atomic E-state index is 12.8. The summed E-state index contributed by atoms with van der Waals surface area (Å²) in [6.45, 7) is 0. The molecule has 0 aliphatic heterocycles. The fourth-order valence-electron chi connectivity index (χ4n) is 1.52. The van der Waals surface area contributed by atoms with Crippen LogP contribution in [-0.2, 0) is 0 Å². The lowest BCUT2D eigenvalue weighted by Gasteiger charge is -2.09. The van der Waals surface area contributed by atoms with E-state index < -0.39 is 0 Å². The molecule has 0 aromatic heterocycles. The molecule has 0 amide bonds. The predicted molar refractivity (Wildman–Crippen MR) is 74.5 cm³/mol. The first-order chi connectivity index (χ1) is 9.11. The van der Waals surface area contributed by atoms with Gasteiger partial charge in [-0.25, -0.2) is 4.39 Å². The first-order valence-electron chi connectivity index (χ1n) is 5.31. The lowest BCUT2D eigenvalue weighted by Crippen LogP contribution is -2.14. The third-order valence-corrected chi connectivity index (χ3v) is 3.76. The van der Waals surface area contributed by atoms with Crippen LogP contribution >= 0.6 is 23.4 Å². The van der Waals surface area contributed by atoms with E-state index >= 15 is 0 Å². The first-order valence-corrected chi connectivity index (χ1v) is 6.51. The topological polar surface area (TPSA) is 58.6 Å². The van der Waals surface area contributed by atoms with Gasteiger partial charge in [-0.3, -0.25) is 0 Å². The molecule has 3 nitrogen and oxygen atoms in total. The van der Waals surface area contributed by atoms with Gasteiger partial charge in [-0.05, 0) is 36.4 Å². The Morgan fingerprint density at radius 2 is 1.89 bits per heavy atom. The molecule has 0 spiro atoms. The predicted octanol–water partition coefficient (Wildman–Crippen LogP) is 3.72. The molecule has 19 heavy (non-hydrogen) atoms. The quantitative estimate of drug-likeness (QED) is 0.393. The highest BCUT2D eigenvalue weighted by atomic mass is 35.5. The fourth-order valence-corrected chi connectivity index (χ4v) is 2.83. The van der Waals surface area contributed by atoms with Crippen molar-refractivity contribution in [3.63, 3.8) is 0 Å². The third kappa shape index (κ3) is 3.19. The molecule has 0 saturated carbocycles. The zero-order chi connectivity index (χ0) is 13.8. The van der Waals surface area contributed by atoms with Crippen molar-refractivity contribution in [2.24, 2.45) is 10.9 Å². The first kappa shape index (κ1) is 13.7. The molecule has 0 aliphatic carbocycles. The van der Waals surface area contributed by atoms with Crippen LogP contribution in [0.15, 0.2) is 57.4 Å². The Kier molecular flexibility index (Phi) is 4.29. The van der Waals surface area contributed by atoms with Crippen molar-refractivity contribution in [2.45, 2.75) is 9.79 Å². The Hall–Kier alpha value is -1.72. The van der Waals surface area contributed by atoms with Crippen molar-refractivity contribution < 1.29 is 9.60 Å². The molecular formula is C13H10ClFN2OS. The largest absolute Gasteiger partial charge is 0.409 e. The van der Waals surface area contributed by atoms with Crippen molar-refractivity contribution in [1.29, 1.82) is 0 Å². The van der Waals surface area contributed by atoms with Gasteiger partial charge in [-0.2, -0.15) is 0 Å².